The lowest BCUT2D eigenvalue weighted by molar-refractivity contribution is -0.643. The third-order valence-electron chi connectivity index (χ3n) is 6.98. The molecule has 3 heterocycles. The number of fused-ring (bicyclic) bond motifs is 5. The first kappa shape index (κ1) is 17.6. The van der Waals surface area contributed by atoms with Gasteiger partial charge >= 0.3 is 0 Å². The van der Waals surface area contributed by atoms with Gasteiger partial charge < -0.3 is 4.40 Å². The van der Waals surface area contributed by atoms with Crippen LogP contribution in [0, 0.1) is 19.7 Å². The maximum Gasteiger partial charge on any atom is 0.224 e. The largest absolute Gasteiger partial charge is 0.307 e. The van der Waals surface area contributed by atoms with Gasteiger partial charge in [0.25, 0.3) is 0 Å². The number of pyridine rings is 2. The molecule has 0 aliphatic rings. The van der Waals surface area contributed by atoms with Gasteiger partial charge in [0, 0.05) is 16.8 Å². The maximum atomic E-state index is 15.7. The van der Waals surface area contributed by atoms with E-state index in [9.17, 15) is 0 Å². The number of benzene rings is 3. The number of hydrogen-bond acceptors (Lipinski definition) is 0. The number of halogens is 1. The highest BCUT2D eigenvalue weighted by Gasteiger charge is 2.27. The van der Waals surface area contributed by atoms with E-state index in [-0.39, 0.29) is 5.82 Å². The van der Waals surface area contributed by atoms with Crippen molar-refractivity contribution >= 4 is 49.0 Å². The molecule has 0 aliphatic heterocycles. The lowest BCUT2D eigenvalue weighted by atomic mass is 9.93. The van der Waals surface area contributed by atoms with Gasteiger partial charge in [0.2, 0.25) is 5.52 Å². The fourth-order valence-corrected chi connectivity index (χ4v) is 5.27. The minimum absolute atomic E-state index is 0.0977. The molecule has 0 aliphatic carbocycles. The lowest BCUT2D eigenvalue weighted by Gasteiger charge is -2.16. The summed E-state index contributed by atoms with van der Waals surface area (Å²) in [5, 5.41) is 5.35. The maximum absolute atomic E-state index is 15.7. The van der Waals surface area contributed by atoms with Crippen molar-refractivity contribution < 1.29 is 8.96 Å². The van der Waals surface area contributed by atoms with Gasteiger partial charge in [-0.2, -0.15) is 0 Å². The highest BCUT2D eigenvalue weighted by atomic mass is 19.1. The molecule has 0 bridgehead atoms. The van der Waals surface area contributed by atoms with Crippen molar-refractivity contribution in [1.29, 1.82) is 0 Å². The summed E-state index contributed by atoms with van der Waals surface area (Å²) >= 11 is 0. The quantitative estimate of drug-likeness (QED) is 0.166. The number of rotatable bonds is 1. The Hall–Kier alpha value is -3.20. The van der Waals surface area contributed by atoms with Crippen molar-refractivity contribution in [2.45, 2.75) is 33.6 Å². The van der Waals surface area contributed by atoms with Crippen LogP contribution in [-0.4, -0.2) is 4.40 Å². The van der Waals surface area contributed by atoms with Crippen molar-refractivity contribution in [1.82, 2.24) is 4.40 Å². The van der Waals surface area contributed by atoms with Crippen LogP contribution >= 0.6 is 0 Å². The van der Waals surface area contributed by atoms with Crippen LogP contribution in [0.1, 0.15) is 36.5 Å². The summed E-state index contributed by atoms with van der Waals surface area (Å²) in [6.45, 7) is 8.42. The first-order valence-corrected chi connectivity index (χ1v) is 10.6. The van der Waals surface area contributed by atoms with Crippen LogP contribution in [0.2, 0.25) is 0 Å². The Labute approximate surface area is 174 Å². The molecule has 0 amide bonds. The second-order valence-corrected chi connectivity index (χ2v) is 8.95. The van der Waals surface area contributed by atoms with E-state index in [1.807, 2.05) is 19.1 Å². The molecule has 0 fully saturated rings. The Kier molecular flexibility index (Phi) is 3.35. The molecule has 2 nitrogen and oxygen atoms in total. The van der Waals surface area contributed by atoms with E-state index < -0.39 is 0 Å². The summed E-state index contributed by atoms with van der Waals surface area (Å²) in [6.07, 6.45) is 2.13. The van der Waals surface area contributed by atoms with E-state index in [4.69, 9.17) is 0 Å². The van der Waals surface area contributed by atoms with Gasteiger partial charge in [0.05, 0.1) is 27.3 Å². The van der Waals surface area contributed by atoms with Crippen molar-refractivity contribution in [3.63, 3.8) is 0 Å². The Morgan fingerprint density at radius 3 is 2.43 bits per heavy atom. The summed E-state index contributed by atoms with van der Waals surface area (Å²) in [7, 11) is 2.09. The van der Waals surface area contributed by atoms with Gasteiger partial charge in [-0.1, -0.05) is 38.1 Å². The number of aryl methyl sites for hydroxylation is 2. The fraction of sp³-hybridized carbons (Fsp3) is 0.222. The van der Waals surface area contributed by atoms with Gasteiger partial charge in [0.1, 0.15) is 12.9 Å². The molecule has 3 aromatic carbocycles. The number of nitrogens with zero attached hydrogens (tertiary/aromatic N) is 2. The summed E-state index contributed by atoms with van der Waals surface area (Å²) < 4.78 is 20.2. The molecule has 0 unspecified atom stereocenters. The van der Waals surface area contributed by atoms with Crippen LogP contribution in [0.4, 0.5) is 4.39 Å². The van der Waals surface area contributed by atoms with Crippen LogP contribution in [0.15, 0.2) is 48.7 Å². The van der Waals surface area contributed by atoms with E-state index in [0.29, 0.717) is 5.92 Å². The van der Waals surface area contributed by atoms with E-state index in [2.05, 4.69) is 73.3 Å². The van der Waals surface area contributed by atoms with Crippen molar-refractivity contribution in [3.05, 3.63) is 71.2 Å². The smallest absolute Gasteiger partial charge is 0.224 e. The standard InChI is InChI=1S/C27H24FN2/c1-14(2)18-12-17-10-11-29(5)26-22-15(3)16(4)25(28)24-19-8-6-7-9-20(19)30(27(22)24)21(13-18)23(17)26/h6-14H,1-5H3/q+1. The lowest BCUT2D eigenvalue weighted by Crippen LogP contribution is -2.29. The molecule has 0 saturated carbocycles. The molecule has 0 radical (unpaired) electrons. The second kappa shape index (κ2) is 5.69. The topological polar surface area (TPSA) is 8.29 Å². The van der Waals surface area contributed by atoms with Gasteiger partial charge in [-0.25, -0.2) is 8.96 Å². The molecule has 30 heavy (non-hydrogen) atoms. The first-order chi connectivity index (χ1) is 14.4. The highest BCUT2D eigenvalue weighted by molar-refractivity contribution is 6.26. The van der Waals surface area contributed by atoms with Crippen molar-refractivity contribution in [2.24, 2.45) is 7.05 Å². The normalized spacial score (nSPS) is 12.6. The monoisotopic (exact) mass is 395 g/mol. The average Bonchev–Trinajstić information content (AvgIpc) is 3.08. The van der Waals surface area contributed by atoms with Gasteiger partial charge in [0.15, 0.2) is 6.20 Å². The molecule has 3 heteroatoms. The Bertz CT molecular complexity index is 1650. The molecule has 6 rings (SSSR count). The van der Waals surface area contributed by atoms with Gasteiger partial charge in [-0.05, 0) is 54.0 Å². The average molecular weight is 396 g/mol. The van der Waals surface area contributed by atoms with Crippen LogP contribution in [0.3, 0.4) is 0 Å². The van der Waals surface area contributed by atoms with Gasteiger partial charge in [-0.3, -0.25) is 0 Å². The Morgan fingerprint density at radius 1 is 0.900 bits per heavy atom. The Balaban J connectivity index is 2.12. The third kappa shape index (κ3) is 1.95. The second-order valence-electron chi connectivity index (χ2n) is 8.95. The highest BCUT2D eigenvalue weighted by Crippen LogP contribution is 2.43. The predicted octanol–water partition coefficient (Wildman–Crippen LogP) is 6.69. The van der Waals surface area contributed by atoms with E-state index in [1.54, 1.807) is 0 Å². The first-order valence-electron chi connectivity index (χ1n) is 10.6. The molecule has 6 aromatic rings. The van der Waals surface area contributed by atoms with Crippen LogP contribution in [0.25, 0.3) is 49.0 Å². The number of aromatic nitrogens is 2. The predicted molar refractivity (Wildman–Crippen MR) is 123 cm³/mol. The van der Waals surface area contributed by atoms with Crippen LogP contribution < -0.4 is 4.57 Å². The summed E-state index contributed by atoms with van der Waals surface area (Å²) in [6, 6.07) is 15.0. The van der Waals surface area contributed by atoms with Crippen LogP contribution in [0.5, 0.6) is 0 Å². The molecule has 0 saturated heterocycles. The molecule has 0 atom stereocenters. The van der Waals surface area contributed by atoms with Crippen molar-refractivity contribution in [3.8, 4) is 0 Å². The molecule has 0 spiro atoms. The summed E-state index contributed by atoms with van der Waals surface area (Å²) in [4.78, 5) is 0. The number of hydrogen-bond donors (Lipinski definition) is 0. The van der Waals surface area contributed by atoms with E-state index in [0.717, 1.165) is 43.8 Å². The zero-order valence-corrected chi connectivity index (χ0v) is 18.0. The minimum atomic E-state index is -0.0977. The summed E-state index contributed by atoms with van der Waals surface area (Å²) in [5.41, 5.74) is 7.45. The van der Waals surface area contributed by atoms with Crippen molar-refractivity contribution in [2.75, 3.05) is 0 Å². The SMILES string of the molecule is Cc1c(F)c2c3ccccc3n3c4cc(C(C)C)cc5cc[n+](C)c(c(c1C)c23)c54. The Morgan fingerprint density at radius 2 is 1.67 bits per heavy atom. The minimum Gasteiger partial charge on any atom is -0.307 e. The molecule has 3 aromatic heterocycles. The zero-order chi connectivity index (χ0) is 20.9. The molecule has 0 N–H and O–H groups in total. The zero-order valence-electron chi connectivity index (χ0n) is 18.0. The van der Waals surface area contributed by atoms with Crippen LogP contribution in [-0.2, 0) is 7.05 Å². The fourth-order valence-electron chi connectivity index (χ4n) is 5.27. The van der Waals surface area contributed by atoms with E-state index >= 15 is 4.39 Å². The summed E-state index contributed by atoms with van der Waals surface area (Å²) in [5.74, 6) is 0.317. The molecule has 148 valence electrons. The third-order valence-corrected chi connectivity index (χ3v) is 6.98. The van der Waals surface area contributed by atoms with Gasteiger partial charge in [-0.15, -0.1) is 0 Å². The van der Waals surface area contributed by atoms with E-state index in [1.165, 1.54) is 21.9 Å². The number of para-hydroxylation sites is 1. The molecular weight excluding hydrogens is 371 g/mol. The molecular formula is C27H24FN2+.